The molecule has 0 aliphatic carbocycles. The van der Waals surface area contributed by atoms with Crippen LogP contribution in [-0.2, 0) is 74.0 Å². The second kappa shape index (κ2) is 43.2. The third-order valence-corrected chi connectivity index (χ3v) is 20.6. The monoisotopic (exact) mass is 2160 g/mol. The number of benzene rings is 13. The Morgan fingerprint density at radius 2 is 0.677 bits per heavy atom. The first kappa shape index (κ1) is 92.6. The van der Waals surface area contributed by atoms with Crippen molar-refractivity contribution in [3.63, 3.8) is 0 Å². The predicted octanol–water partition coefficient (Wildman–Crippen LogP) is 25.2. The molecule has 0 unspecified atom stereocenters. The van der Waals surface area contributed by atoms with Gasteiger partial charge in [0.1, 0.15) is 0 Å². The number of rotatable bonds is 12. The Kier molecular flexibility index (Phi) is 32.3. The summed E-state index contributed by atoms with van der Waals surface area (Å²) in [6.45, 7) is 27.2. The molecular weight excluding hydrogens is 2060 g/mol. The molecule has 0 spiro atoms. The summed E-state index contributed by atoms with van der Waals surface area (Å²) in [6.07, 6.45) is 8.09. The van der Waals surface area contributed by atoms with Crippen LogP contribution in [-0.4, -0.2) is 46.2 Å². The van der Waals surface area contributed by atoms with Crippen molar-refractivity contribution in [2.45, 2.75) is 80.1 Å². The molecule has 3 aromatic heterocycles. The van der Waals surface area contributed by atoms with Crippen molar-refractivity contribution in [1.29, 1.82) is 0 Å². The molecule has 624 valence electrons. The maximum absolute atomic E-state index is 4.22. The summed E-state index contributed by atoms with van der Waals surface area (Å²) in [5.74, 6) is 0. The number of aromatic nitrogens is 6. The molecule has 0 saturated carbocycles. The van der Waals surface area contributed by atoms with Gasteiger partial charge in [-0.3, -0.25) is 0 Å². The second-order valence-corrected chi connectivity index (χ2v) is 32.2. The standard InChI is InChI=1S/C26H20N2.2C22H18N2.2C14H16N2.C11H10N2.3Pt/c1-27-19-28(26-10-6-5-9-25(26)27)24-17-15-23(16-18-24)22-13-11-21(12-14-22)20-7-3-2-4-8-20;2*1-23-15-16-24(17-23)22-13-11-21(12-14-22)20-9-7-19(8-10-20)18-5-3-2-4-6-18;1-10-9-13(16-15-10)11-5-7-12(8-6-11)14(2,3)4;1-10-6-5-7-11(8-10)12-9-13(16-15-12)14(2,3)4;1-8-3-5-10(6-4-8)11-7-9(2)12-13-11;;;/h2-17,19H,1H3;2*2-13,15-17H,1H3;5,7-9H,1-4H3;5-6,8-9H,1-4H3;3-5,7H,1-2H3;;;/q6*-2;3*+4. The summed E-state index contributed by atoms with van der Waals surface area (Å²) in [5.41, 5.74) is 32.7. The average molecular weight is 2160 g/mol. The molecule has 0 N–H and O–H groups in total. The van der Waals surface area contributed by atoms with Gasteiger partial charge in [0.05, 0.1) is 0 Å². The van der Waals surface area contributed by atoms with E-state index in [1.165, 1.54) is 94.8 Å². The number of para-hydroxylation sites is 2. The zero-order valence-electron chi connectivity index (χ0n) is 71.9. The van der Waals surface area contributed by atoms with Crippen molar-refractivity contribution in [3.05, 3.63) is 430 Å². The van der Waals surface area contributed by atoms with E-state index in [-0.39, 0.29) is 74.0 Å². The summed E-state index contributed by atoms with van der Waals surface area (Å²) in [5, 5.41) is 24.5. The van der Waals surface area contributed by atoms with Crippen LogP contribution >= 0.6 is 0 Å². The number of aryl methyl sites for hydroxylation is 4. The van der Waals surface area contributed by atoms with Gasteiger partial charge in [-0.05, 0) is 111 Å². The van der Waals surface area contributed by atoms with Crippen LogP contribution in [0.25, 0.3) is 101 Å². The SMILES string of the molecule is CN1C=CN(c2[c-]cc(-c3ccc(-c4ccccc4)cc3)cc2)[CH-]1.CN1C=CN(c2[c-]cc(-c3ccc(-c4ccccc4)cc3)cc2)[CH-]1.CN1[CH-]N(c2[c-]cc(-c3ccc(-c4ccccc4)cc3)cc2)c2ccccc21.Cc1c[c-]c(-c2cc(C)n[n-]2)cc1.Cc1cc(-c2[c-]cc(C(C)(C)C)cc2)[n-]n1.Cc1cc[c-]c(-c2cc(C(C)(C)C)n[n-]2)c1.[Pt+4].[Pt+4].[Pt+4]. The van der Waals surface area contributed by atoms with Gasteiger partial charge in [0.2, 0.25) is 0 Å². The van der Waals surface area contributed by atoms with E-state index in [9.17, 15) is 0 Å². The Bertz CT molecular complexity index is 5870. The average Bonchev–Trinajstić information content (AvgIpc) is 1.57. The molecule has 0 bridgehead atoms. The van der Waals surface area contributed by atoms with Crippen molar-refractivity contribution in [1.82, 2.24) is 40.4 Å². The molecule has 13 aromatic carbocycles. The Balaban J connectivity index is 0.000000147. The number of anilines is 5. The molecule has 15 heteroatoms. The number of hydrogen-bond acceptors (Lipinski definition) is 9. The number of fused-ring (bicyclic) bond motifs is 1. The fraction of sp³-hybridized carbons (Fsp3) is 0.138. The molecule has 3 aliphatic heterocycles. The predicted molar refractivity (Wildman–Crippen MR) is 499 cm³/mol. The molecule has 0 saturated heterocycles. The van der Waals surface area contributed by atoms with Crippen LogP contribution < -0.4 is 34.9 Å². The minimum Gasteiger partial charge on any atom is -0.619 e. The van der Waals surface area contributed by atoms with Gasteiger partial charge in [-0.25, -0.2) is 17.1 Å². The van der Waals surface area contributed by atoms with Gasteiger partial charge >= 0.3 is 63.2 Å². The van der Waals surface area contributed by atoms with E-state index in [0.717, 1.165) is 67.9 Å². The molecule has 0 atom stereocenters. The Labute approximate surface area is 777 Å². The van der Waals surface area contributed by atoms with E-state index in [4.69, 9.17) is 0 Å². The summed E-state index contributed by atoms with van der Waals surface area (Å²) in [7, 11) is 6.10. The zero-order valence-corrected chi connectivity index (χ0v) is 78.7. The van der Waals surface area contributed by atoms with Crippen molar-refractivity contribution in [2.24, 2.45) is 0 Å². The van der Waals surface area contributed by atoms with Crippen LogP contribution in [0.4, 0.5) is 28.4 Å². The number of nitrogens with zero attached hydrogens (tertiary/aromatic N) is 12. The van der Waals surface area contributed by atoms with Gasteiger partial charge < -0.3 is 60.0 Å². The van der Waals surface area contributed by atoms with Crippen LogP contribution in [0.2, 0.25) is 0 Å². The molecule has 16 aromatic rings. The van der Waals surface area contributed by atoms with Gasteiger partial charge in [-0.2, -0.15) is 91.3 Å². The molecule has 0 fully saturated rings. The third kappa shape index (κ3) is 24.6. The van der Waals surface area contributed by atoms with E-state index < -0.39 is 0 Å². The Morgan fingerprint density at radius 1 is 0.298 bits per heavy atom. The van der Waals surface area contributed by atoms with Gasteiger partial charge in [-0.1, -0.05) is 266 Å². The van der Waals surface area contributed by atoms with Crippen molar-refractivity contribution in [3.8, 4) is 101 Å². The smallest absolute Gasteiger partial charge is 0.619 e. The summed E-state index contributed by atoms with van der Waals surface area (Å²) in [6, 6.07) is 129. The fourth-order valence-corrected chi connectivity index (χ4v) is 13.6. The summed E-state index contributed by atoms with van der Waals surface area (Å²) < 4.78 is 0. The summed E-state index contributed by atoms with van der Waals surface area (Å²) in [4.78, 5) is 12.5. The molecule has 12 nitrogen and oxygen atoms in total. The van der Waals surface area contributed by atoms with Crippen molar-refractivity contribution in [2.75, 3.05) is 40.7 Å². The van der Waals surface area contributed by atoms with E-state index in [1.54, 1.807) is 0 Å². The molecule has 124 heavy (non-hydrogen) atoms. The first-order chi connectivity index (χ1) is 58.6. The molecule has 3 aliphatic rings. The van der Waals surface area contributed by atoms with Crippen LogP contribution in [0.5, 0.6) is 0 Å². The summed E-state index contributed by atoms with van der Waals surface area (Å²) >= 11 is 0. The quantitative estimate of drug-likeness (QED) is 0.109. The normalized spacial score (nSPS) is 12.3. The van der Waals surface area contributed by atoms with E-state index in [2.05, 4.69) is 385 Å². The largest absolute Gasteiger partial charge is 4.00 e. The van der Waals surface area contributed by atoms with E-state index in [0.29, 0.717) is 0 Å². The topological polar surface area (TPSA) is 100 Å². The van der Waals surface area contributed by atoms with Crippen LogP contribution in [0, 0.1) is 84.1 Å². The van der Waals surface area contributed by atoms with Crippen molar-refractivity contribution >= 4 is 28.4 Å². The molecule has 0 amide bonds. The first-order valence-corrected chi connectivity index (χ1v) is 40.6. The van der Waals surface area contributed by atoms with Gasteiger partial charge in [0.25, 0.3) is 0 Å². The van der Waals surface area contributed by atoms with E-state index >= 15 is 0 Å². The maximum Gasteiger partial charge on any atom is 4.00 e. The first-order valence-electron chi connectivity index (χ1n) is 40.6. The van der Waals surface area contributed by atoms with Crippen LogP contribution in [0.3, 0.4) is 0 Å². The minimum absolute atomic E-state index is 0. The molecule has 6 heterocycles. The zero-order chi connectivity index (χ0) is 84.4. The van der Waals surface area contributed by atoms with Crippen molar-refractivity contribution < 1.29 is 63.2 Å². The van der Waals surface area contributed by atoms with E-state index in [1.807, 2.05) is 162 Å². The maximum atomic E-state index is 4.22. The van der Waals surface area contributed by atoms with Crippen LogP contribution in [0.1, 0.15) is 75.3 Å². The fourth-order valence-electron chi connectivity index (χ4n) is 13.6. The second-order valence-electron chi connectivity index (χ2n) is 32.2. The molecule has 0 radical (unpaired) electrons. The Morgan fingerprint density at radius 3 is 1.02 bits per heavy atom. The third-order valence-electron chi connectivity index (χ3n) is 20.6. The minimum atomic E-state index is 0. The van der Waals surface area contributed by atoms with Gasteiger partial charge in [-0.15, -0.1) is 141 Å². The molecular formula is C109H98N12Pt3. The molecule has 19 rings (SSSR count). The van der Waals surface area contributed by atoms with Crippen LogP contribution in [0.15, 0.2) is 340 Å². The van der Waals surface area contributed by atoms with Gasteiger partial charge in [0.15, 0.2) is 0 Å². The Hall–Kier alpha value is -12.2. The van der Waals surface area contributed by atoms with Gasteiger partial charge in [0, 0.05) is 33.9 Å². The number of hydrogen-bond donors (Lipinski definition) is 0.